The van der Waals surface area contributed by atoms with E-state index in [9.17, 15) is 14.0 Å². The zero-order valence-corrected chi connectivity index (χ0v) is 17.4. The maximum Gasteiger partial charge on any atom is 0.323 e. The molecule has 1 aliphatic heterocycles. The molecule has 1 aliphatic rings. The Hall–Kier alpha value is -3.00. The van der Waals surface area contributed by atoms with Gasteiger partial charge >= 0.3 is 6.03 Å². The number of nitrogens with one attached hydrogen (secondary N) is 3. The minimum Gasteiger partial charge on any atom is -0.343 e. The standard InChI is InChI=1S/C22H28FN5O2/c1-15-3-5-19(14-25-15)26-22(30)27-21-11-18(4-6-20(21)23)13-24-12-17-7-9-28(10-8-17)16(2)29/h3-6,11,14,17,24H,7-10,12-13H2,1-2H3,(H2,26,27,30). The highest BCUT2D eigenvalue weighted by Crippen LogP contribution is 2.19. The van der Waals surface area contributed by atoms with Gasteiger partial charge in [-0.2, -0.15) is 0 Å². The summed E-state index contributed by atoms with van der Waals surface area (Å²) in [6.45, 7) is 6.48. The van der Waals surface area contributed by atoms with Gasteiger partial charge in [0.25, 0.3) is 0 Å². The summed E-state index contributed by atoms with van der Waals surface area (Å²) >= 11 is 0. The van der Waals surface area contributed by atoms with Crippen molar-refractivity contribution in [2.75, 3.05) is 30.3 Å². The molecule has 0 atom stereocenters. The minimum atomic E-state index is -0.526. The number of carbonyl (C=O) groups excluding carboxylic acids is 2. The lowest BCUT2D eigenvalue weighted by Crippen LogP contribution is -2.39. The fourth-order valence-electron chi connectivity index (χ4n) is 3.48. The van der Waals surface area contributed by atoms with Crippen LogP contribution in [0.3, 0.4) is 0 Å². The molecule has 1 fully saturated rings. The topological polar surface area (TPSA) is 86.4 Å². The molecule has 3 N–H and O–H groups in total. The largest absolute Gasteiger partial charge is 0.343 e. The summed E-state index contributed by atoms with van der Waals surface area (Å²) in [4.78, 5) is 29.6. The van der Waals surface area contributed by atoms with Gasteiger partial charge < -0.3 is 20.9 Å². The molecule has 2 heterocycles. The van der Waals surface area contributed by atoms with E-state index in [4.69, 9.17) is 0 Å². The second-order valence-electron chi connectivity index (χ2n) is 7.66. The van der Waals surface area contributed by atoms with Crippen LogP contribution in [0.4, 0.5) is 20.6 Å². The van der Waals surface area contributed by atoms with Gasteiger partial charge in [-0.05, 0) is 62.1 Å². The van der Waals surface area contributed by atoms with Gasteiger partial charge in [0.05, 0.1) is 17.6 Å². The number of rotatable bonds is 6. The van der Waals surface area contributed by atoms with Gasteiger partial charge in [-0.15, -0.1) is 0 Å². The Morgan fingerprint density at radius 1 is 1.17 bits per heavy atom. The van der Waals surface area contributed by atoms with Gasteiger partial charge in [-0.25, -0.2) is 9.18 Å². The van der Waals surface area contributed by atoms with Gasteiger partial charge in [-0.3, -0.25) is 9.78 Å². The Labute approximate surface area is 176 Å². The predicted molar refractivity (Wildman–Crippen MR) is 115 cm³/mol. The number of piperidine rings is 1. The first-order chi connectivity index (χ1) is 14.4. The molecule has 3 amide bonds. The SMILES string of the molecule is CC(=O)N1CCC(CNCc2ccc(F)c(NC(=O)Nc3ccc(C)nc3)c2)CC1. The van der Waals surface area contributed by atoms with E-state index in [1.54, 1.807) is 37.4 Å². The number of amides is 3. The van der Waals surface area contributed by atoms with E-state index >= 15 is 0 Å². The van der Waals surface area contributed by atoms with E-state index in [1.165, 1.54) is 6.07 Å². The van der Waals surface area contributed by atoms with Crippen LogP contribution in [0, 0.1) is 18.7 Å². The number of carbonyl (C=O) groups is 2. The second kappa shape index (κ2) is 10.2. The van der Waals surface area contributed by atoms with Crippen molar-refractivity contribution >= 4 is 23.3 Å². The highest BCUT2D eigenvalue weighted by atomic mass is 19.1. The number of nitrogens with zero attached hydrogens (tertiary/aromatic N) is 2. The number of aryl methyl sites for hydroxylation is 1. The molecule has 8 heteroatoms. The lowest BCUT2D eigenvalue weighted by Gasteiger charge is -2.31. The predicted octanol–water partition coefficient (Wildman–Crippen LogP) is 3.52. The molecule has 0 spiro atoms. The third-order valence-electron chi connectivity index (χ3n) is 5.27. The fourth-order valence-corrected chi connectivity index (χ4v) is 3.48. The zero-order valence-electron chi connectivity index (χ0n) is 17.4. The van der Waals surface area contributed by atoms with Crippen molar-refractivity contribution in [1.29, 1.82) is 0 Å². The Morgan fingerprint density at radius 2 is 1.93 bits per heavy atom. The third kappa shape index (κ3) is 6.25. The average molecular weight is 413 g/mol. The van der Waals surface area contributed by atoms with Gasteiger partial charge in [0, 0.05) is 32.3 Å². The van der Waals surface area contributed by atoms with E-state index in [-0.39, 0.29) is 11.6 Å². The van der Waals surface area contributed by atoms with Crippen LogP contribution < -0.4 is 16.0 Å². The summed E-state index contributed by atoms with van der Waals surface area (Å²) in [6.07, 6.45) is 3.51. The maximum atomic E-state index is 14.1. The fraction of sp³-hybridized carbons (Fsp3) is 0.409. The van der Waals surface area contributed by atoms with Gasteiger partial charge in [0.1, 0.15) is 5.82 Å². The van der Waals surface area contributed by atoms with Crippen LogP contribution in [-0.2, 0) is 11.3 Å². The monoisotopic (exact) mass is 413 g/mol. The number of halogens is 1. The Bertz CT molecular complexity index is 880. The molecule has 0 saturated carbocycles. The molecular formula is C22H28FN5O2. The van der Waals surface area contributed by atoms with Crippen LogP contribution in [0.5, 0.6) is 0 Å². The molecule has 160 valence electrons. The number of benzene rings is 1. The molecule has 30 heavy (non-hydrogen) atoms. The molecule has 0 unspecified atom stereocenters. The minimum absolute atomic E-state index is 0.127. The third-order valence-corrected chi connectivity index (χ3v) is 5.27. The molecular weight excluding hydrogens is 385 g/mol. The Morgan fingerprint density at radius 3 is 2.60 bits per heavy atom. The van der Waals surface area contributed by atoms with Crippen molar-refractivity contribution in [3.8, 4) is 0 Å². The van der Waals surface area contributed by atoms with E-state index < -0.39 is 11.8 Å². The van der Waals surface area contributed by atoms with Crippen LogP contribution in [0.2, 0.25) is 0 Å². The van der Waals surface area contributed by atoms with Crippen molar-refractivity contribution in [3.63, 3.8) is 0 Å². The number of likely N-dealkylation sites (tertiary alicyclic amines) is 1. The van der Waals surface area contributed by atoms with Gasteiger partial charge in [-0.1, -0.05) is 6.07 Å². The van der Waals surface area contributed by atoms with Crippen molar-refractivity contribution in [2.45, 2.75) is 33.2 Å². The zero-order chi connectivity index (χ0) is 21.5. The number of aromatic nitrogens is 1. The molecule has 1 aromatic heterocycles. The smallest absolute Gasteiger partial charge is 0.323 e. The molecule has 0 radical (unpaired) electrons. The van der Waals surface area contributed by atoms with Gasteiger partial charge in [0.2, 0.25) is 5.91 Å². The van der Waals surface area contributed by atoms with Gasteiger partial charge in [0.15, 0.2) is 0 Å². The van der Waals surface area contributed by atoms with Crippen LogP contribution in [0.1, 0.15) is 31.0 Å². The summed E-state index contributed by atoms with van der Waals surface area (Å²) in [5.74, 6) is 0.163. The second-order valence-corrected chi connectivity index (χ2v) is 7.66. The van der Waals surface area contributed by atoms with E-state index in [0.29, 0.717) is 18.2 Å². The molecule has 2 aromatic rings. The van der Waals surface area contributed by atoms with Crippen molar-refractivity contribution in [3.05, 3.63) is 53.6 Å². The summed E-state index contributed by atoms with van der Waals surface area (Å²) < 4.78 is 14.1. The lowest BCUT2D eigenvalue weighted by molar-refractivity contribution is -0.130. The number of anilines is 2. The summed E-state index contributed by atoms with van der Waals surface area (Å²) in [6, 6.07) is 7.68. The number of urea groups is 1. The molecule has 1 saturated heterocycles. The number of hydrogen-bond donors (Lipinski definition) is 3. The first kappa shape index (κ1) is 21.7. The molecule has 0 aliphatic carbocycles. The van der Waals surface area contributed by atoms with E-state index in [1.807, 2.05) is 11.8 Å². The van der Waals surface area contributed by atoms with E-state index in [0.717, 1.165) is 43.7 Å². The maximum absolute atomic E-state index is 14.1. The summed E-state index contributed by atoms with van der Waals surface area (Å²) in [5.41, 5.74) is 2.38. The van der Waals surface area contributed by atoms with E-state index in [2.05, 4.69) is 20.9 Å². The van der Waals surface area contributed by atoms with Crippen LogP contribution in [0.15, 0.2) is 36.5 Å². The quantitative estimate of drug-likeness (QED) is 0.676. The first-order valence-corrected chi connectivity index (χ1v) is 10.2. The lowest BCUT2D eigenvalue weighted by atomic mass is 9.96. The normalized spacial score (nSPS) is 14.4. The Balaban J connectivity index is 1.48. The highest BCUT2D eigenvalue weighted by Gasteiger charge is 2.20. The molecule has 3 rings (SSSR count). The van der Waals surface area contributed by atoms with Crippen LogP contribution >= 0.6 is 0 Å². The molecule has 7 nitrogen and oxygen atoms in total. The summed E-state index contributed by atoms with van der Waals surface area (Å²) in [5, 5.41) is 8.59. The number of hydrogen-bond acceptors (Lipinski definition) is 4. The van der Waals surface area contributed by atoms with Crippen molar-refractivity contribution in [1.82, 2.24) is 15.2 Å². The molecule has 1 aromatic carbocycles. The highest BCUT2D eigenvalue weighted by molar-refractivity contribution is 5.99. The average Bonchev–Trinajstić information content (AvgIpc) is 2.72. The number of pyridine rings is 1. The summed E-state index contributed by atoms with van der Waals surface area (Å²) in [7, 11) is 0. The van der Waals surface area contributed by atoms with Crippen molar-refractivity contribution < 1.29 is 14.0 Å². The molecule has 0 bridgehead atoms. The van der Waals surface area contributed by atoms with Crippen LogP contribution in [-0.4, -0.2) is 41.5 Å². The van der Waals surface area contributed by atoms with Crippen molar-refractivity contribution in [2.24, 2.45) is 5.92 Å². The Kier molecular flexibility index (Phi) is 7.35. The first-order valence-electron chi connectivity index (χ1n) is 10.2. The van der Waals surface area contributed by atoms with Crippen LogP contribution in [0.25, 0.3) is 0 Å².